The van der Waals surface area contributed by atoms with Gasteiger partial charge >= 0.3 is 0 Å². The van der Waals surface area contributed by atoms with Gasteiger partial charge < -0.3 is 9.47 Å². The van der Waals surface area contributed by atoms with E-state index in [1.165, 1.54) is 0 Å². The summed E-state index contributed by atoms with van der Waals surface area (Å²) >= 11 is 0. The fourth-order valence-corrected chi connectivity index (χ4v) is 3.93. The maximum absolute atomic E-state index is 12.8. The van der Waals surface area contributed by atoms with E-state index in [9.17, 15) is 8.42 Å². The van der Waals surface area contributed by atoms with Gasteiger partial charge in [-0.25, -0.2) is 13.1 Å². The Bertz CT molecular complexity index is 784. The van der Waals surface area contributed by atoms with Crippen LogP contribution in [0.1, 0.15) is 38.8 Å². The second-order valence-electron chi connectivity index (χ2n) is 6.48. The predicted molar refractivity (Wildman–Crippen MR) is 103 cm³/mol. The van der Waals surface area contributed by atoms with Crippen molar-refractivity contribution in [2.45, 2.75) is 38.1 Å². The molecule has 0 bridgehead atoms. The summed E-state index contributed by atoms with van der Waals surface area (Å²) in [5, 5.41) is 0. The lowest BCUT2D eigenvalue weighted by atomic mass is 9.98. The molecule has 0 fully saturated rings. The SMILES string of the molecule is CCOc1ccc(S(=O)(=O)N[C@@H](CC(C)C)c2ccc(OC)cc2)cc1. The maximum Gasteiger partial charge on any atom is 0.241 e. The molecule has 1 N–H and O–H groups in total. The van der Waals surface area contributed by atoms with Crippen molar-refractivity contribution < 1.29 is 17.9 Å². The molecule has 142 valence electrons. The molecule has 6 heteroatoms. The molecule has 0 amide bonds. The molecule has 0 heterocycles. The van der Waals surface area contributed by atoms with E-state index >= 15 is 0 Å². The van der Waals surface area contributed by atoms with Crippen molar-refractivity contribution in [3.05, 3.63) is 54.1 Å². The smallest absolute Gasteiger partial charge is 0.241 e. The summed E-state index contributed by atoms with van der Waals surface area (Å²) in [5.74, 6) is 1.73. The van der Waals surface area contributed by atoms with Crippen LogP contribution in [0.2, 0.25) is 0 Å². The number of hydrogen-bond donors (Lipinski definition) is 1. The first kappa shape index (κ1) is 20.3. The molecule has 0 saturated heterocycles. The summed E-state index contributed by atoms with van der Waals surface area (Å²) in [6, 6.07) is 13.6. The molecule has 0 aromatic heterocycles. The van der Waals surface area contributed by atoms with Crippen LogP contribution in [0.4, 0.5) is 0 Å². The standard InChI is InChI=1S/C20H27NO4S/c1-5-25-18-10-12-19(13-11-18)26(22,23)21-20(14-15(2)3)16-6-8-17(24-4)9-7-16/h6-13,15,20-21H,5,14H2,1-4H3/t20-/m0/s1. The van der Waals surface area contributed by atoms with Crippen LogP contribution < -0.4 is 14.2 Å². The highest BCUT2D eigenvalue weighted by Crippen LogP contribution is 2.26. The molecule has 0 saturated carbocycles. The molecule has 26 heavy (non-hydrogen) atoms. The third-order valence-corrected chi connectivity index (χ3v) is 5.46. The number of sulfonamides is 1. The fourth-order valence-electron chi connectivity index (χ4n) is 2.70. The fraction of sp³-hybridized carbons (Fsp3) is 0.400. The quantitative estimate of drug-likeness (QED) is 0.713. The van der Waals surface area contributed by atoms with E-state index in [1.54, 1.807) is 31.4 Å². The van der Waals surface area contributed by atoms with Crippen molar-refractivity contribution >= 4 is 10.0 Å². The molecule has 2 rings (SSSR count). The Morgan fingerprint density at radius 2 is 1.54 bits per heavy atom. The summed E-state index contributed by atoms with van der Waals surface area (Å²) in [5.41, 5.74) is 0.911. The maximum atomic E-state index is 12.8. The van der Waals surface area contributed by atoms with Crippen molar-refractivity contribution in [2.75, 3.05) is 13.7 Å². The van der Waals surface area contributed by atoms with Crippen LogP contribution in [-0.2, 0) is 10.0 Å². The second-order valence-corrected chi connectivity index (χ2v) is 8.19. The van der Waals surface area contributed by atoms with Crippen molar-refractivity contribution in [1.82, 2.24) is 4.72 Å². The van der Waals surface area contributed by atoms with E-state index in [0.717, 1.165) is 11.3 Å². The van der Waals surface area contributed by atoms with Crippen LogP contribution >= 0.6 is 0 Å². The van der Waals surface area contributed by atoms with Crippen molar-refractivity contribution in [3.8, 4) is 11.5 Å². The summed E-state index contributed by atoms with van der Waals surface area (Å²) in [6.07, 6.45) is 0.697. The van der Waals surface area contributed by atoms with Gasteiger partial charge in [0.2, 0.25) is 10.0 Å². The van der Waals surface area contributed by atoms with Crippen LogP contribution in [0.15, 0.2) is 53.4 Å². The first-order chi connectivity index (χ1) is 12.4. The number of rotatable bonds is 9. The molecule has 0 unspecified atom stereocenters. The zero-order valence-corrected chi connectivity index (χ0v) is 16.5. The molecular formula is C20H27NO4S. The number of nitrogens with one attached hydrogen (secondary N) is 1. The van der Waals surface area contributed by atoms with Gasteiger partial charge in [0, 0.05) is 6.04 Å². The van der Waals surface area contributed by atoms with E-state index < -0.39 is 10.0 Å². The molecule has 2 aromatic rings. The molecule has 1 atom stereocenters. The molecule has 0 spiro atoms. The highest BCUT2D eigenvalue weighted by Gasteiger charge is 2.22. The van der Waals surface area contributed by atoms with Gasteiger partial charge in [0.15, 0.2) is 0 Å². The van der Waals surface area contributed by atoms with Crippen molar-refractivity contribution in [1.29, 1.82) is 0 Å². The van der Waals surface area contributed by atoms with Crippen LogP contribution in [-0.4, -0.2) is 22.1 Å². The molecular weight excluding hydrogens is 350 g/mol. The molecule has 5 nitrogen and oxygen atoms in total. The van der Waals surface area contributed by atoms with Gasteiger partial charge in [0.25, 0.3) is 0 Å². The van der Waals surface area contributed by atoms with Gasteiger partial charge in [-0.3, -0.25) is 0 Å². The number of hydrogen-bond acceptors (Lipinski definition) is 4. The van der Waals surface area contributed by atoms with Crippen LogP contribution in [0.5, 0.6) is 11.5 Å². The largest absolute Gasteiger partial charge is 0.497 e. The van der Waals surface area contributed by atoms with E-state index in [4.69, 9.17) is 9.47 Å². The molecule has 0 aliphatic rings. The van der Waals surface area contributed by atoms with Gasteiger partial charge in [0.1, 0.15) is 11.5 Å². The van der Waals surface area contributed by atoms with E-state index in [1.807, 2.05) is 31.2 Å². The summed E-state index contributed by atoms with van der Waals surface area (Å²) in [6.45, 7) is 6.57. The third kappa shape index (κ3) is 5.47. The Labute approximate surface area is 156 Å². The average molecular weight is 378 g/mol. The molecule has 0 radical (unpaired) electrons. The second kappa shape index (κ2) is 9.05. The van der Waals surface area contributed by atoms with Gasteiger partial charge in [0.05, 0.1) is 18.6 Å². The molecule has 2 aromatic carbocycles. The Morgan fingerprint density at radius 1 is 0.962 bits per heavy atom. The van der Waals surface area contributed by atoms with Gasteiger partial charge in [-0.2, -0.15) is 0 Å². The first-order valence-electron chi connectivity index (χ1n) is 8.75. The first-order valence-corrected chi connectivity index (χ1v) is 10.2. The Hall–Kier alpha value is -2.05. The highest BCUT2D eigenvalue weighted by molar-refractivity contribution is 7.89. The predicted octanol–water partition coefficient (Wildman–Crippen LogP) is 4.16. The van der Waals surface area contributed by atoms with Crippen LogP contribution in [0.25, 0.3) is 0 Å². The Balaban J connectivity index is 2.24. The zero-order valence-electron chi connectivity index (χ0n) is 15.7. The lowest BCUT2D eigenvalue weighted by molar-refractivity contribution is 0.340. The van der Waals surface area contributed by atoms with Crippen LogP contribution in [0.3, 0.4) is 0 Å². The van der Waals surface area contributed by atoms with Gasteiger partial charge in [-0.1, -0.05) is 26.0 Å². The minimum absolute atomic E-state index is 0.225. The van der Waals surface area contributed by atoms with Crippen molar-refractivity contribution in [3.63, 3.8) is 0 Å². The van der Waals surface area contributed by atoms with Crippen LogP contribution in [0, 0.1) is 5.92 Å². The Kier molecular flexibility index (Phi) is 7.06. The van der Waals surface area contributed by atoms with Gasteiger partial charge in [-0.15, -0.1) is 0 Å². The zero-order chi connectivity index (χ0) is 19.2. The molecule has 0 aliphatic heterocycles. The van der Waals surface area contributed by atoms with Crippen molar-refractivity contribution in [2.24, 2.45) is 5.92 Å². The lowest BCUT2D eigenvalue weighted by Crippen LogP contribution is -2.29. The average Bonchev–Trinajstić information content (AvgIpc) is 2.61. The summed E-state index contributed by atoms with van der Waals surface area (Å²) in [4.78, 5) is 0.225. The van der Waals surface area contributed by atoms with E-state index in [0.29, 0.717) is 24.7 Å². The normalized spacial score (nSPS) is 12.8. The lowest BCUT2D eigenvalue weighted by Gasteiger charge is -2.21. The number of ether oxygens (including phenoxy) is 2. The topological polar surface area (TPSA) is 64.6 Å². The highest BCUT2D eigenvalue weighted by atomic mass is 32.2. The van der Waals surface area contributed by atoms with E-state index in [-0.39, 0.29) is 10.9 Å². The summed E-state index contributed by atoms with van der Waals surface area (Å²) in [7, 11) is -2.03. The number of benzene rings is 2. The summed E-state index contributed by atoms with van der Waals surface area (Å²) < 4.78 is 39.0. The monoisotopic (exact) mass is 377 g/mol. The Morgan fingerprint density at radius 3 is 2.04 bits per heavy atom. The molecule has 0 aliphatic carbocycles. The number of methoxy groups -OCH3 is 1. The van der Waals surface area contributed by atoms with E-state index in [2.05, 4.69) is 18.6 Å². The van der Waals surface area contributed by atoms with Gasteiger partial charge in [-0.05, 0) is 61.2 Å². The minimum Gasteiger partial charge on any atom is -0.497 e. The minimum atomic E-state index is -3.64. The third-order valence-electron chi connectivity index (χ3n) is 3.97.